The summed E-state index contributed by atoms with van der Waals surface area (Å²) >= 11 is 0. The number of aromatic nitrogens is 2. The molecule has 30 heavy (non-hydrogen) atoms. The first-order chi connectivity index (χ1) is 14.4. The topological polar surface area (TPSA) is 73.1 Å². The molecule has 4 rings (SSSR count). The van der Waals surface area contributed by atoms with E-state index in [1.165, 1.54) is 11.6 Å². The van der Waals surface area contributed by atoms with E-state index in [1.54, 1.807) is 18.5 Å². The number of nitrogens with two attached hydrogens (primary N) is 1. The molecule has 3 aromatic rings. The molecule has 0 bridgehead atoms. The van der Waals surface area contributed by atoms with Gasteiger partial charge in [-0.1, -0.05) is 24.3 Å². The molecule has 1 aliphatic rings. The Kier molecular flexibility index (Phi) is 5.59. The zero-order chi connectivity index (χ0) is 21.1. The van der Waals surface area contributed by atoms with E-state index >= 15 is 0 Å². The fraction of sp³-hybridized carbons (Fsp3) is 0.273. The number of benzene rings is 2. The van der Waals surface area contributed by atoms with Crippen molar-refractivity contribution in [3.8, 4) is 5.75 Å². The summed E-state index contributed by atoms with van der Waals surface area (Å²) in [5.74, 6) is 1.32. The number of hydrogen-bond acceptors (Lipinski definition) is 5. The highest BCUT2D eigenvalue weighted by Crippen LogP contribution is 2.41. The maximum atomic E-state index is 12.8. The Labute approximate surface area is 172 Å². The average molecular weight is 414 g/mol. The van der Waals surface area contributed by atoms with Gasteiger partial charge in [0.25, 0.3) is 0 Å². The summed E-state index contributed by atoms with van der Waals surface area (Å²) in [4.78, 5) is 7.96. The summed E-state index contributed by atoms with van der Waals surface area (Å²) in [6.45, 7) is 0.764. The summed E-state index contributed by atoms with van der Waals surface area (Å²) in [6, 6.07) is 13.3. The molecule has 0 amide bonds. The molecule has 0 spiro atoms. The largest absolute Gasteiger partial charge is 0.489 e. The summed E-state index contributed by atoms with van der Waals surface area (Å²) in [5, 5.41) is 3.48. The van der Waals surface area contributed by atoms with Gasteiger partial charge in [-0.2, -0.15) is 13.2 Å². The number of rotatable bonds is 7. The number of ether oxygens (including phenoxy) is 1. The first-order valence-corrected chi connectivity index (χ1v) is 9.57. The minimum Gasteiger partial charge on any atom is -0.489 e. The van der Waals surface area contributed by atoms with Crippen LogP contribution in [0.15, 0.2) is 60.9 Å². The Morgan fingerprint density at radius 2 is 1.77 bits per heavy atom. The van der Waals surface area contributed by atoms with Gasteiger partial charge in [0.2, 0.25) is 5.95 Å². The maximum absolute atomic E-state index is 12.8. The molecule has 2 atom stereocenters. The van der Waals surface area contributed by atoms with Gasteiger partial charge < -0.3 is 15.8 Å². The smallest absolute Gasteiger partial charge is 0.416 e. The molecule has 1 aromatic heterocycles. The highest BCUT2D eigenvalue weighted by Gasteiger charge is 2.37. The number of hydrogen-bond donors (Lipinski definition) is 2. The SMILES string of the molecule is Nc1ncc(CN[C@H]2C[C@@H]2c2ccc(OCc3cccc(C(F)(F)F)c3)cc2)cn1. The van der Waals surface area contributed by atoms with Gasteiger partial charge >= 0.3 is 6.18 Å². The Morgan fingerprint density at radius 1 is 1.03 bits per heavy atom. The lowest BCUT2D eigenvalue weighted by atomic mass is 10.1. The molecule has 2 aromatic carbocycles. The molecular weight excluding hydrogens is 393 g/mol. The van der Waals surface area contributed by atoms with E-state index in [1.807, 2.05) is 24.3 Å². The Hall–Kier alpha value is -3.13. The van der Waals surface area contributed by atoms with E-state index in [-0.39, 0.29) is 12.6 Å². The fourth-order valence-electron chi connectivity index (χ4n) is 3.31. The van der Waals surface area contributed by atoms with Crippen molar-refractivity contribution in [3.05, 3.63) is 83.2 Å². The summed E-state index contributed by atoms with van der Waals surface area (Å²) in [5.41, 5.74) is 7.48. The quantitative estimate of drug-likeness (QED) is 0.603. The Morgan fingerprint density at radius 3 is 2.47 bits per heavy atom. The van der Waals surface area contributed by atoms with Crippen LogP contribution in [0, 0.1) is 0 Å². The number of nitrogens with zero attached hydrogens (tertiary/aromatic N) is 2. The van der Waals surface area contributed by atoms with Gasteiger partial charge in [-0.15, -0.1) is 0 Å². The molecule has 0 aliphatic heterocycles. The third-order valence-electron chi connectivity index (χ3n) is 5.05. The zero-order valence-electron chi connectivity index (χ0n) is 16.1. The fourth-order valence-corrected chi connectivity index (χ4v) is 3.31. The van der Waals surface area contributed by atoms with Crippen molar-refractivity contribution < 1.29 is 17.9 Å². The predicted molar refractivity (Wildman–Crippen MR) is 107 cm³/mol. The molecule has 0 saturated heterocycles. The molecule has 5 nitrogen and oxygen atoms in total. The van der Waals surface area contributed by atoms with Crippen LogP contribution in [0.25, 0.3) is 0 Å². The molecule has 1 fully saturated rings. The standard InChI is InChI=1S/C22H21F3N4O/c23-22(24,25)17-3-1-2-14(8-17)13-30-18-6-4-16(5-7-18)19-9-20(19)27-10-15-11-28-21(26)29-12-15/h1-8,11-12,19-20,27H,9-10,13H2,(H2,26,28,29)/t19-,20+/m1/s1. The monoisotopic (exact) mass is 414 g/mol. The van der Waals surface area contributed by atoms with Gasteiger partial charge in [0, 0.05) is 36.5 Å². The molecule has 0 radical (unpaired) electrons. The second kappa shape index (κ2) is 8.31. The third-order valence-corrected chi connectivity index (χ3v) is 5.05. The average Bonchev–Trinajstić information content (AvgIpc) is 3.52. The summed E-state index contributed by atoms with van der Waals surface area (Å²) in [7, 11) is 0. The highest BCUT2D eigenvalue weighted by atomic mass is 19.4. The second-order valence-electron chi connectivity index (χ2n) is 7.33. The lowest BCUT2D eigenvalue weighted by Gasteiger charge is -2.10. The van der Waals surface area contributed by atoms with Gasteiger partial charge in [-0.05, 0) is 41.8 Å². The van der Waals surface area contributed by atoms with Crippen LogP contribution >= 0.6 is 0 Å². The highest BCUT2D eigenvalue weighted by molar-refractivity contribution is 5.34. The van der Waals surface area contributed by atoms with Crippen molar-refractivity contribution in [2.45, 2.75) is 37.7 Å². The normalized spacial score (nSPS) is 18.2. The van der Waals surface area contributed by atoms with Crippen LogP contribution < -0.4 is 15.8 Å². The molecule has 1 aliphatic carbocycles. The van der Waals surface area contributed by atoms with Crippen LogP contribution in [0.2, 0.25) is 0 Å². The van der Waals surface area contributed by atoms with E-state index in [0.717, 1.165) is 24.1 Å². The maximum Gasteiger partial charge on any atom is 0.416 e. The third kappa shape index (κ3) is 5.07. The lowest BCUT2D eigenvalue weighted by molar-refractivity contribution is -0.137. The van der Waals surface area contributed by atoms with E-state index in [0.29, 0.717) is 29.8 Å². The number of nitrogen functional groups attached to an aromatic ring is 1. The molecule has 8 heteroatoms. The van der Waals surface area contributed by atoms with Crippen molar-refractivity contribution in [2.75, 3.05) is 5.73 Å². The summed E-state index contributed by atoms with van der Waals surface area (Å²) < 4.78 is 44.0. The van der Waals surface area contributed by atoms with Crippen molar-refractivity contribution in [1.29, 1.82) is 0 Å². The zero-order valence-corrected chi connectivity index (χ0v) is 16.1. The Bertz CT molecular complexity index is 991. The molecule has 0 unspecified atom stereocenters. The lowest BCUT2D eigenvalue weighted by Crippen LogP contribution is -2.17. The van der Waals surface area contributed by atoms with Crippen LogP contribution in [-0.4, -0.2) is 16.0 Å². The minimum atomic E-state index is -4.35. The van der Waals surface area contributed by atoms with Gasteiger partial charge in [0.15, 0.2) is 0 Å². The molecule has 156 valence electrons. The molecule has 3 N–H and O–H groups in total. The number of nitrogens with one attached hydrogen (secondary N) is 1. The van der Waals surface area contributed by atoms with Crippen LogP contribution in [0.1, 0.15) is 34.6 Å². The first-order valence-electron chi connectivity index (χ1n) is 9.57. The van der Waals surface area contributed by atoms with Crippen LogP contribution in [0.3, 0.4) is 0 Å². The minimum absolute atomic E-state index is 0.0839. The van der Waals surface area contributed by atoms with Crippen LogP contribution in [0.5, 0.6) is 5.75 Å². The van der Waals surface area contributed by atoms with Gasteiger partial charge in [-0.25, -0.2) is 9.97 Å². The van der Waals surface area contributed by atoms with Gasteiger partial charge in [0.1, 0.15) is 12.4 Å². The first kappa shape index (κ1) is 20.2. The predicted octanol–water partition coefficient (Wildman–Crippen LogP) is 4.30. The molecule has 1 heterocycles. The number of anilines is 1. The number of alkyl halides is 3. The van der Waals surface area contributed by atoms with Gasteiger partial charge in [-0.3, -0.25) is 0 Å². The van der Waals surface area contributed by atoms with E-state index in [2.05, 4.69) is 15.3 Å². The summed E-state index contributed by atoms with van der Waals surface area (Å²) in [6.07, 6.45) is 0.111. The van der Waals surface area contributed by atoms with Crippen molar-refractivity contribution >= 4 is 5.95 Å². The number of halogens is 3. The second-order valence-corrected chi connectivity index (χ2v) is 7.33. The Balaban J connectivity index is 1.27. The van der Waals surface area contributed by atoms with Crippen molar-refractivity contribution in [3.63, 3.8) is 0 Å². The van der Waals surface area contributed by atoms with E-state index in [9.17, 15) is 13.2 Å². The van der Waals surface area contributed by atoms with E-state index in [4.69, 9.17) is 10.5 Å². The molecular formula is C22H21F3N4O. The van der Waals surface area contributed by atoms with Crippen LogP contribution in [-0.2, 0) is 19.3 Å². The van der Waals surface area contributed by atoms with E-state index < -0.39 is 11.7 Å². The van der Waals surface area contributed by atoms with Crippen molar-refractivity contribution in [1.82, 2.24) is 15.3 Å². The van der Waals surface area contributed by atoms with Gasteiger partial charge in [0.05, 0.1) is 5.56 Å². The van der Waals surface area contributed by atoms with Crippen LogP contribution in [0.4, 0.5) is 19.1 Å². The molecule has 1 saturated carbocycles. The van der Waals surface area contributed by atoms with Crippen molar-refractivity contribution in [2.24, 2.45) is 0 Å².